The van der Waals surface area contributed by atoms with Crippen molar-refractivity contribution in [3.05, 3.63) is 53.3 Å². The molecule has 0 fully saturated rings. The molecule has 2 N–H and O–H groups in total. The van der Waals surface area contributed by atoms with Gasteiger partial charge >= 0.3 is 0 Å². The highest BCUT2D eigenvalue weighted by atomic mass is 15.2. The summed E-state index contributed by atoms with van der Waals surface area (Å²) in [6, 6.07) is 8.79. The second-order valence-corrected chi connectivity index (χ2v) is 5.10. The van der Waals surface area contributed by atoms with Crippen molar-refractivity contribution in [1.29, 1.82) is 0 Å². The lowest BCUT2D eigenvalue weighted by Gasteiger charge is -2.26. The van der Waals surface area contributed by atoms with Crippen LogP contribution in [0.2, 0.25) is 0 Å². The van der Waals surface area contributed by atoms with Gasteiger partial charge in [-0.1, -0.05) is 29.8 Å². The molecule has 0 amide bonds. The highest BCUT2D eigenvalue weighted by molar-refractivity contribution is 5.22. The van der Waals surface area contributed by atoms with Crippen LogP contribution in [0.15, 0.2) is 36.7 Å². The number of aromatic nitrogens is 2. The van der Waals surface area contributed by atoms with E-state index in [1.54, 1.807) is 0 Å². The van der Waals surface area contributed by atoms with Crippen molar-refractivity contribution in [1.82, 2.24) is 14.7 Å². The van der Waals surface area contributed by atoms with Crippen LogP contribution in [0, 0.1) is 6.92 Å². The number of likely N-dealkylation sites (N-methyl/N-ethyl adjacent to an activating group) is 1. The van der Waals surface area contributed by atoms with E-state index in [-0.39, 0.29) is 6.04 Å². The molecule has 4 heteroatoms. The molecular formula is C15H22N4. The third-order valence-electron chi connectivity index (χ3n) is 3.38. The molecule has 1 atom stereocenters. The molecule has 0 saturated carbocycles. The molecule has 0 radical (unpaired) electrons. The first-order valence-electron chi connectivity index (χ1n) is 6.54. The van der Waals surface area contributed by atoms with Gasteiger partial charge in [0.2, 0.25) is 0 Å². The molecule has 4 nitrogen and oxygen atoms in total. The fraction of sp³-hybridized carbons (Fsp3) is 0.400. The highest BCUT2D eigenvalue weighted by Crippen LogP contribution is 2.19. The van der Waals surface area contributed by atoms with Crippen LogP contribution in [0.5, 0.6) is 0 Å². The molecule has 1 aromatic heterocycles. The fourth-order valence-corrected chi connectivity index (χ4v) is 2.39. The van der Waals surface area contributed by atoms with E-state index < -0.39 is 0 Å². The molecule has 0 aliphatic carbocycles. The molecule has 0 aliphatic heterocycles. The lowest BCUT2D eigenvalue weighted by atomic mass is 10.1. The van der Waals surface area contributed by atoms with Gasteiger partial charge in [-0.15, -0.1) is 0 Å². The normalized spacial score (nSPS) is 12.9. The first-order valence-corrected chi connectivity index (χ1v) is 6.54. The lowest BCUT2D eigenvalue weighted by Crippen LogP contribution is -2.30. The molecule has 2 rings (SSSR count). The molecule has 102 valence electrons. The number of nitrogens with two attached hydrogens (primary N) is 1. The maximum atomic E-state index is 5.92. The topological polar surface area (TPSA) is 47.1 Å². The van der Waals surface area contributed by atoms with Gasteiger partial charge in [0.1, 0.15) is 0 Å². The van der Waals surface area contributed by atoms with E-state index in [0.29, 0.717) is 6.54 Å². The smallest absolute Gasteiger partial charge is 0.0538 e. The Labute approximate surface area is 114 Å². The number of hydrogen-bond donors (Lipinski definition) is 1. The van der Waals surface area contributed by atoms with Crippen LogP contribution in [0.3, 0.4) is 0 Å². The molecule has 0 bridgehead atoms. The largest absolute Gasteiger partial charge is 0.329 e. The predicted molar refractivity (Wildman–Crippen MR) is 77.6 cm³/mol. The van der Waals surface area contributed by atoms with Gasteiger partial charge in [-0.2, -0.15) is 5.10 Å². The minimum Gasteiger partial charge on any atom is -0.329 e. The maximum absolute atomic E-state index is 5.92. The Balaban J connectivity index is 2.11. The first-order chi connectivity index (χ1) is 9.10. The zero-order chi connectivity index (χ0) is 13.8. The van der Waals surface area contributed by atoms with Gasteiger partial charge in [0, 0.05) is 31.9 Å². The summed E-state index contributed by atoms with van der Waals surface area (Å²) >= 11 is 0. The number of hydrogen-bond acceptors (Lipinski definition) is 3. The number of aryl methyl sites for hydroxylation is 2. The average molecular weight is 258 g/mol. The van der Waals surface area contributed by atoms with Crippen molar-refractivity contribution in [2.45, 2.75) is 19.5 Å². The van der Waals surface area contributed by atoms with Crippen molar-refractivity contribution in [3.8, 4) is 0 Å². The van der Waals surface area contributed by atoms with Gasteiger partial charge in [-0.3, -0.25) is 9.58 Å². The Bertz CT molecular complexity index is 532. The van der Waals surface area contributed by atoms with E-state index in [9.17, 15) is 0 Å². The number of rotatable bonds is 5. The van der Waals surface area contributed by atoms with Gasteiger partial charge < -0.3 is 5.73 Å². The third-order valence-corrected chi connectivity index (χ3v) is 3.38. The summed E-state index contributed by atoms with van der Waals surface area (Å²) < 4.78 is 1.82. The Morgan fingerprint density at radius 2 is 2.21 bits per heavy atom. The van der Waals surface area contributed by atoms with Crippen LogP contribution in [0.1, 0.15) is 22.7 Å². The second kappa shape index (κ2) is 5.99. The zero-order valence-electron chi connectivity index (χ0n) is 11.9. The molecule has 1 aromatic carbocycles. The SMILES string of the molecule is Cc1cccc(CN(C)C(CN)c2cnn(C)c2)c1. The van der Waals surface area contributed by atoms with Crippen LogP contribution >= 0.6 is 0 Å². The van der Waals surface area contributed by atoms with Gasteiger partial charge in [-0.25, -0.2) is 0 Å². The van der Waals surface area contributed by atoms with Gasteiger partial charge in [0.05, 0.1) is 12.2 Å². The molecule has 0 spiro atoms. The van der Waals surface area contributed by atoms with Crippen molar-refractivity contribution < 1.29 is 0 Å². The number of benzene rings is 1. The Morgan fingerprint density at radius 3 is 2.79 bits per heavy atom. The summed E-state index contributed by atoms with van der Waals surface area (Å²) in [5, 5.41) is 4.22. The Morgan fingerprint density at radius 1 is 1.42 bits per heavy atom. The lowest BCUT2D eigenvalue weighted by molar-refractivity contribution is 0.241. The van der Waals surface area contributed by atoms with E-state index in [0.717, 1.165) is 6.54 Å². The third kappa shape index (κ3) is 3.43. The highest BCUT2D eigenvalue weighted by Gasteiger charge is 2.17. The van der Waals surface area contributed by atoms with Crippen LogP contribution < -0.4 is 5.73 Å². The molecule has 19 heavy (non-hydrogen) atoms. The van der Waals surface area contributed by atoms with Crippen LogP contribution in [-0.4, -0.2) is 28.3 Å². The Kier molecular flexibility index (Phi) is 4.35. The molecule has 1 unspecified atom stereocenters. The van der Waals surface area contributed by atoms with Gasteiger partial charge in [0.15, 0.2) is 0 Å². The van der Waals surface area contributed by atoms with E-state index in [4.69, 9.17) is 5.73 Å². The Hall–Kier alpha value is -1.65. The van der Waals surface area contributed by atoms with E-state index in [2.05, 4.69) is 48.2 Å². The van der Waals surface area contributed by atoms with E-state index in [1.807, 2.05) is 24.1 Å². The monoisotopic (exact) mass is 258 g/mol. The summed E-state index contributed by atoms with van der Waals surface area (Å²) in [4.78, 5) is 2.27. The second-order valence-electron chi connectivity index (χ2n) is 5.10. The van der Waals surface area contributed by atoms with Crippen molar-refractivity contribution >= 4 is 0 Å². The summed E-state index contributed by atoms with van der Waals surface area (Å²) in [6.07, 6.45) is 3.93. The summed E-state index contributed by atoms with van der Waals surface area (Å²) in [6.45, 7) is 3.59. The quantitative estimate of drug-likeness (QED) is 0.890. The van der Waals surface area contributed by atoms with E-state index >= 15 is 0 Å². The van der Waals surface area contributed by atoms with E-state index in [1.165, 1.54) is 16.7 Å². The molecular weight excluding hydrogens is 236 g/mol. The van der Waals surface area contributed by atoms with Gasteiger partial charge in [0.25, 0.3) is 0 Å². The standard InChI is InChI=1S/C15H22N4/c1-12-5-4-6-13(7-12)10-18(2)15(8-16)14-9-17-19(3)11-14/h4-7,9,11,15H,8,10,16H2,1-3H3. The number of nitrogens with zero attached hydrogens (tertiary/aromatic N) is 3. The summed E-state index contributed by atoms with van der Waals surface area (Å²) in [5.41, 5.74) is 9.69. The summed E-state index contributed by atoms with van der Waals surface area (Å²) in [5.74, 6) is 0. The minimum atomic E-state index is 0.203. The van der Waals surface area contributed by atoms with Crippen molar-refractivity contribution in [3.63, 3.8) is 0 Å². The fourth-order valence-electron chi connectivity index (χ4n) is 2.39. The van der Waals surface area contributed by atoms with Crippen molar-refractivity contribution in [2.75, 3.05) is 13.6 Å². The van der Waals surface area contributed by atoms with Crippen LogP contribution in [0.4, 0.5) is 0 Å². The van der Waals surface area contributed by atoms with Gasteiger partial charge in [-0.05, 0) is 19.5 Å². The van der Waals surface area contributed by atoms with Crippen LogP contribution in [0.25, 0.3) is 0 Å². The first kappa shape index (κ1) is 13.8. The maximum Gasteiger partial charge on any atom is 0.0538 e. The minimum absolute atomic E-state index is 0.203. The van der Waals surface area contributed by atoms with Crippen LogP contribution in [-0.2, 0) is 13.6 Å². The molecule has 0 saturated heterocycles. The van der Waals surface area contributed by atoms with Crippen molar-refractivity contribution in [2.24, 2.45) is 12.8 Å². The molecule has 2 aromatic rings. The predicted octanol–water partition coefficient (Wildman–Crippen LogP) is 1.86. The summed E-state index contributed by atoms with van der Waals surface area (Å²) in [7, 11) is 4.03. The molecule has 1 heterocycles. The zero-order valence-corrected chi connectivity index (χ0v) is 11.9. The molecule has 0 aliphatic rings. The average Bonchev–Trinajstić information content (AvgIpc) is 2.76.